The van der Waals surface area contributed by atoms with Gasteiger partial charge in [-0.2, -0.15) is 0 Å². The normalized spacial score (nSPS) is 14.9. The Morgan fingerprint density at radius 2 is 1.78 bits per heavy atom. The van der Waals surface area contributed by atoms with Crippen molar-refractivity contribution in [1.82, 2.24) is 14.8 Å². The second-order valence-corrected chi connectivity index (χ2v) is 7.56. The summed E-state index contributed by atoms with van der Waals surface area (Å²) in [6.07, 6.45) is 1.66. The van der Waals surface area contributed by atoms with Crippen molar-refractivity contribution >= 4 is 18.0 Å². The molecule has 2 aromatic carbocycles. The number of amides is 3. The van der Waals surface area contributed by atoms with Gasteiger partial charge in [-0.15, -0.1) is 0 Å². The van der Waals surface area contributed by atoms with E-state index >= 15 is 0 Å². The van der Waals surface area contributed by atoms with Crippen LogP contribution in [-0.2, 0) is 11.3 Å². The van der Waals surface area contributed by atoms with Crippen molar-refractivity contribution in [2.45, 2.75) is 27.3 Å². The molecule has 1 saturated heterocycles. The van der Waals surface area contributed by atoms with Gasteiger partial charge < -0.3 is 14.6 Å². The highest BCUT2D eigenvalue weighted by Crippen LogP contribution is 2.26. The number of rotatable bonds is 6. The number of ether oxygens (including phenoxy) is 1. The molecule has 1 fully saturated rings. The maximum absolute atomic E-state index is 14.0. The third-order valence-corrected chi connectivity index (χ3v) is 5.42. The number of carbonyl (C=O) groups is 2. The molecule has 1 aromatic heterocycles. The van der Waals surface area contributed by atoms with Crippen LogP contribution in [0.25, 0.3) is 11.8 Å². The topological polar surface area (TPSA) is 63.6 Å². The van der Waals surface area contributed by atoms with Crippen molar-refractivity contribution in [2.75, 3.05) is 6.61 Å². The molecule has 1 N–H and O–H groups in total. The summed E-state index contributed by atoms with van der Waals surface area (Å²) in [5.74, 6) is -0.135. The first-order valence-corrected chi connectivity index (χ1v) is 10.4. The van der Waals surface area contributed by atoms with E-state index in [0.29, 0.717) is 6.61 Å². The minimum absolute atomic E-state index is 0.125. The Kier molecular flexibility index (Phi) is 5.81. The minimum Gasteiger partial charge on any atom is -0.494 e. The van der Waals surface area contributed by atoms with Crippen molar-refractivity contribution in [3.63, 3.8) is 0 Å². The van der Waals surface area contributed by atoms with E-state index in [1.165, 1.54) is 6.07 Å². The van der Waals surface area contributed by atoms with Gasteiger partial charge in [-0.1, -0.05) is 18.2 Å². The predicted molar refractivity (Wildman–Crippen MR) is 120 cm³/mol. The first-order chi connectivity index (χ1) is 15.4. The highest BCUT2D eigenvalue weighted by molar-refractivity contribution is 6.14. The largest absolute Gasteiger partial charge is 0.494 e. The van der Waals surface area contributed by atoms with E-state index in [2.05, 4.69) is 9.88 Å². The standard InChI is InChI=1S/C25H24FN3O3/c1-4-32-21-11-9-20(10-12-21)29-16(2)13-19(17(29)3)14-23-24(30)28(25(31)27-23)15-18-7-5-6-8-22(18)26/h5-14H,4,15H2,1-3H3,(H,27,31). The maximum Gasteiger partial charge on any atom is 0.329 e. The van der Waals surface area contributed by atoms with E-state index in [0.717, 1.165) is 33.3 Å². The number of benzene rings is 2. The molecule has 1 aliphatic heterocycles. The van der Waals surface area contributed by atoms with Crippen LogP contribution in [0.2, 0.25) is 0 Å². The molecule has 3 aromatic rings. The zero-order valence-electron chi connectivity index (χ0n) is 18.2. The smallest absolute Gasteiger partial charge is 0.329 e. The third-order valence-electron chi connectivity index (χ3n) is 5.42. The number of aromatic nitrogens is 1. The third kappa shape index (κ3) is 4.01. The molecule has 2 heterocycles. The first-order valence-electron chi connectivity index (χ1n) is 10.4. The van der Waals surface area contributed by atoms with Crippen LogP contribution < -0.4 is 10.1 Å². The Morgan fingerprint density at radius 3 is 2.47 bits per heavy atom. The van der Waals surface area contributed by atoms with Crippen molar-refractivity contribution in [1.29, 1.82) is 0 Å². The van der Waals surface area contributed by atoms with E-state index in [4.69, 9.17) is 4.74 Å². The first kappa shape index (κ1) is 21.4. The molecule has 6 nitrogen and oxygen atoms in total. The lowest BCUT2D eigenvalue weighted by atomic mass is 10.2. The van der Waals surface area contributed by atoms with Crippen LogP contribution in [0.1, 0.15) is 29.4 Å². The molecule has 32 heavy (non-hydrogen) atoms. The Labute approximate surface area is 185 Å². The van der Waals surface area contributed by atoms with Crippen LogP contribution in [0.5, 0.6) is 5.75 Å². The number of carbonyl (C=O) groups excluding carboxylic acids is 2. The summed E-state index contributed by atoms with van der Waals surface area (Å²) in [5.41, 5.74) is 4.14. The fourth-order valence-corrected chi connectivity index (χ4v) is 3.86. The lowest BCUT2D eigenvalue weighted by Gasteiger charge is -2.12. The van der Waals surface area contributed by atoms with Gasteiger partial charge >= 0.3 is 6.03 Å². The maximum atomic E-state index is 14.0. The van der Waals surface area contributed by atoms with Gasteiger partial charge in [-0.05, 0) is 68.8 Å². The molecule has 0 bridgehead atoms. The van der Waals surface area contributed by atoms with Gasteiger partial charge in [-0.25, -0.2) is 9.18 Å². The molecule has 7 heteroatoms. The van der Waals surface area contributed by atoms with Crippen LogP contribution >= 0.6 is 0 Å². The second kappa shape index (κ2) is 8.70. The SMILES string of the molecule is CCOc1ccc(-n2c(C)cc(C=C3NC(=O)N(Cc4ccccc4F)C3=O)c2C)cc1. The van der Waals surface area contributed by atoms with Gasteiger partial charge in [0.25, 0.3) is 5.91 Å². The van der Waals surface area contributed by atoms with Gasteiger partial charge in [0.1, 0.15) is 17.3 Å². The number of imide groups is 1. The number of aryl methyl sites for hydroxylation is 1. The van der Waals surface area contributed by atoms with Gasteiger partial charge in [0.2, 0.25) is 0 Å². The number of urea groups is 1. The average Bonchev–Trinajstić information content (AvgIpc) is 3.20. The van der Waals surface area contributed by atoms with Crippen LogP contribution in [0.3, 0.4) is 0 Å². The van der Waals surface area contributed by atoms with Crippen LogP contribution in [0.15, 0.2) is 60.3 Å². The van der Waals surface area contributed by atoms with Gasteiger partial charge in [0.15, 0.2) is 0 Å². The minimum atomic E-state index is -0.565. The summed E-state index contributed by atoms with van der Waals surface area (Å²) in [4.78, 5) is 26.2. The molecule has 1 aliphatic rings. The second-order valence-electron chi connectivity index (χ2n) is 7.56. The number of hydrogen-bond donors (Lipinski definition) is 1. The molecule has 4 rings (SSSR count). The molecule has 3 amide bonds. The van der Waals surface area contributed by atoms with Crippen LogP contribution in [0.4, 0.5) is 9.18 Å². The number of nitrogens with one attached hydrogen (secondary N) is 1. The van der Waals surface area contributed by atoms with E-state index in [1.807, 2.05) is 51.1 Å². The molecule has 0 atom stereocenters. The van der Waals surface area contributed by atoms with E-state index in [1.54, 1.807) is 24.3 Å². The molecular weight excluding hydrogens is 409 g/mol. The Bertz CT molecular complexity index is 1210. The molecule has 0 unspecified atom stereocenters. The highest BCUT2D eigenvalue weighted by atomic mass is 19.1. The van der Waals surface area contributed by atoms with Crippen LogP contribution in [0, 0.1) is 19.7 Å². The van der Waals surface area contributed by atoms with Gasteiger partial charge in [0.05, 0.1) is 13.2 Å². The zero-order chi connectivity index (χ0) is 22.8. The number of halogens is 1. The van der Waals surface area contributed by atoms with Gasteiger partial charge in [0, 0.05) is 22.6 Å². The van der Waals surface area contributed by atoms with Crippen molar-refractivity contribution in [2.24, 2.45) is 0 Å². The fourth-order valence-electron chi connectivity index (χ4n) is 3.86. The predicted octanol–water partition coefficient (Wildman–Crippen LogP) is 4.72. The summed E-state index contributed by atoms with van der Waals surface area (Å²) >= 11 is 0. The molecule has 164 valence electrons. The molecular formula is C25H24FN3O3. The van der Waals surface area contributed by atoms with Crippen molar-refractivity contribution in [3.05, 3.63) is 88.6 Å². The Morgan fingerprint density at radius 1 is 1.06 bits per heavy atom. The summed E-state index contributed by atoms with van der Waals surface area (Å²) < 4.78 is 21.6. The van der Waals surface area contributed by atoms with Crippen molar-refractivity contribution < 1.29 is 18.7 Å². The quantitative estimate of drug-likeness (QED) is 0.452. The highest BCUT2D eigenvalue weighted by Gasteiger charge is 2.34. The van der Waals surface area contributed by atoms with Crippen molar-refractivity contribution in [3.8, 4) is 11.4 Å². The summed E-state index contributed by atoms with van der Waals surface area (Å²) in [5, 5.41) is 2.61. The van der Waals surface area contributed by atoms with Crippen LogP contribution in [-0.4, -0.2) is 28.0 Å². The van der Waals surface area contributed by atoms with Gasteiger partial charge in [-0.3, -0.25) is 9.69 Å². The van der Waals surface area contributed by atoms with E-state index in [-0.39, 0.29) is 17.8 Å². The Hall–Kier alpha value is -3.87. The zero-order valence-corrected chi connectivity index (χ0v) is 18.2. The molecule has 0 saturated carbocycles. The molecule has 0 aliphatic carbocycles. The summed E-state index contributed by atoms with van der Waals surface area (Å²) in [6.45, 7) is 6.35. The molecule has 0 radical (unpaired) electrons. The summed E-state index contributed by atoms with van der Waals surface area (Å²) in [7, 11) is 0. The van der Waals surface area contributed by atoms with E-state index in [9.17, 15) is 14.0 Å². The monoisotopic (exact) mass is 433 g/mol. The fraction of sp³-hybridized carbons (Fsp3) is 0.200. The number of hydrogen-bond acceptors (Lipinski definition) is 3. The Balaban J connectivity index is 1.60. The average molecular weight is 433 g/mol. The summed E-state index contributed by atoms with van der Waals surface area (Å²) in [6, 6.07) is 15.3. The lowest BCUT2D eigenvalue weighted by molar-refractivity contribution is -0.123. The molecule has 0 spiro atoms. The number of nitrogens with zero attached hydrogens (tertiary/aromatic N) is 2. The van der Waals surface area contributed by atoms with E-state index < -0.39 is 17.8 Å². The lowest BCUT2D eigenvalue weighted by Crippen LogP contribution is -2.30.